The molecule has 7 amide bonds. The van der Waals surface area contributed by atoms with Gasteiger partial charge in [-0.1, -0.05) is 18.5 Å². The SMILES string of the molecule is C[C@@H]1C[C@H]2C(=O)OC[C@H](NC(=O)[C@H](Cc3cc(F)cc(F)c3)NC(=O)Nc3ccc(Cl)cc3F)C(=O)N3C[C@H](O)C[C@H]3C(=O)N3CCCCC3C(=O)N[C@@H](C)C(=O)N2C1. The zero-order valence-corrected chi connectivity index (χ0v) is 33.0. The van der Waals surface area contributed by atoms with Crippen molar-refractivity contribution in [3.05, 3.63) is 64.4 Å². The summed E-state index contributed by atoms with van der Waals surface area (Å²) in [5.74, 6) is -7.93. The molecule has 0 aliphatic carbocycles. The van der Waals surface area contributed by atoms with Crippen LogP contribution in [-0.2, 0) is 39.9 Å². The van der Waals surface area contributed by atoms with Crippen molar-refractivity contribution in [1.29, 1.82) is 0 Å². The fourth-order valence-corrected chi connectivity index (χ4v) is 8.23. The normalized spacial score (nSPS) is 27.3. The Bertz CT molecular complexity index is 1990. The number of rotatable bonds is 6. The molecule has 20 heteroatoms. The molecule has 4 saturated heterocycles. The maximum Gasteiger partial charge on any atom is 0.328 e. The van der Waals surface area contributed by atoms with Gasteiger partial charge in [0.1, 0.15) is 60.3 Å². The van der Waals surface area contributed by atoms with Crippen LogP contribution in [-0.4, -0.2) is 130 Å². The number of carbonyl (C=O) groups is 7. The van der Waals surface area contributed by atoms with Gasteiger partial charge in [-0.25, -0.2) is 22.8 Å². The summed E-state index contributed by atoms with van der Waals surface area (Å²) in [5.41, 5.74) is -0.429. The van der Waals surface area contributed by atoms with Crippen LogP contribution in [0.2, 0.25) is 5.02 Å². The zero-order chi connectivity index (χ0) is 42.7. The number of benzene rings is 2. The Balaban J connectivity index is 1.33. The summed E-state index contributed by atoms with van der Waals surface area (Å²) < 4.78 is 48.7. The second kappa shape index (κ2) is 18.2. The van der Waals surface area contributed by atoms with Crippen molar-refractivity contribution in [2.24, 2.45) is 5.92 Å². The number of anilines is 1. The van der Waals surface area contributed by atoms with E-state index in [1.54, 1.807) is 0 Å². The highest BCUT2D eigenvalue weighted by molar-refractivity contribution is 6.30. The van der Waals surface area contributed by atoms with Crippen LogP contribution in [0.4, 0.5) is 23.7 Å². The molecule has 0 radical (unpaired) electrons. The molecule has 4 aliphatic heterocycles. The van der Waals surface area contributed by atoms with Crippen LogP contribution in [0.15, 0.2) is 36.4 Å². The van der Waals surface area contributed by atoms with E-state index in [0.717, 1.165) is 29.2 Å². The van der Waals surface area contributed by atoms with Gasteiger partial charge in [-0.2, -0.15) is 0 Å². The third kappa shape index (κ3) is 10.1. The van der Waals surface area contributed by atoms with E-state index in [9.17, 15) is 51.8 Å². The van der Waals surface area contributed by atoms with Crippen molar-refractivity contribution in [3.63, 3.8) is 0 Å². The summed E-state index contributed by atoms with van der Waals surface area (Å²) in [5, 5.41) is 20.5. The molecular formula is C39H45ClF3N7O9. The van der Waals surface area contributed by atoms with Crippen LogP contribution in [0.1, 0.15) is 51.5 Å². The molecule has 318 valence electrons. The predicted octanol–water partition coefficient (Wildman–Crippen LogP) is 1.62. The van der Waals surface area contributed by atoms with Crippen molar-refractivity contribution in [1.82, 2.24) is 30.7 Å². The summed E-state index contributed by atoms with van der Waals surface area (Å²) in [6.07, 6.45) is -0.414. The molecule has 8 atom stereocenters. The first-order chi connectivity index (χ1) is 28.0. The number of ether oxygens (including phenoxy) is 1. The molecule has 4 heterocycles. The van der Waals surface area contributed by atoms with Gasteiger partial charge in [0.05, 0.1) is 11.8 Å². The molecule has 1 unspecified atom stereocenters. The highest BCUT2D eigenvalue weighted by Crippen LogP contribution is 2.28. The van der Waals surface area contributed by atoms with Crippen molar-refractivity contribution in [3.8, 4) is 0 Å². The Morgan fingerprint density at radius 2 is 1.61 bits per heavy atom. The first kappa shape index (κ1) is 43.2. The molecule has 0 aromatic heterocycles. The number of urea groups is 1. The summed E-state index contributed by atoms with van der Waals surface area (Å²) in [7, 11) is 0. The maximum atomic E-state index is 14.6. The number of amides is 7. The second-order valence-electron chi connectivity index (χ2n) is 15.5. The van der Waals surface area contributed by atoms with E-state index in [0.29, 0.717) is 18.9 Å². The Labute approximate surface area is 342 Å². The number of esters is 1. The molecule has 0 saturated carbocycles. The van der Waals surface area contributed by atoms with E-state index in [2.05, 4.69) is 21.3 Å². The Kier molecular flexibility index (Phi) is 13.3. The smallest absolute Gasteiger partial charge is 0.328 e. The predicted molar refractivity (Wildman–Crippen MR) is 203 cm³/mol. The van der Waals surface area contributed by atoms with E-state index in [-0.39, 0.29) is 61.1 Å². The first-order valence-electron chi connectivity index (χ1n) is 19.3. The molecular weight excluding hydrogens is 803 g/mol. The summed E-state index contributed by atoms with van der Waals surface area (Å²) in [6, 6.07) is -3.38. The quantitative estimate of drug-likeness (QED) is 0.268. The average molecular weight is 848 g/mol. The van der Waals surface area contributed by atoms with E-state index in [1.807, 2.05) is 6.92 Å². The maximum absolute atomic E-state index is 14.6. The molecule has 59 heavy (non-hydrogen) atoms. The van der Waals surface area contributed by atoms with Gasteiger partial charge in [0.15, 0.2) is 0 Å². The van der Waals surface area contributed by atoms with Gasteiger partial charge in [0.2, 0.25) is 29.5 Å². The number of aliphatic hydroxyl groups is 1. The average Bonchev–Trinajstić information content (AvgIpc) is 3.77. The van der Waals surface area contributed by atoms with Gasteiger partial charge in [-0.15, -0.1) is 0 Å². The number of nitrogens with one attached hydrogen (secondary N) is 4. The lowest BCUT2D eigenvalue weighted by molar-refractivity contribution is -0.158. The molecule has 5 N–H and O–H groups in total. The molecule has 4 aliphatic rings. The largest absolute Gasteiger partial charge is 0.461 e. The lowest BCUT2D eigenvalue weighted by Crippen LogP contribution is -2.62. The number of aliphatic hydroxyl groups excluding tert-OH is 1. The minimum absolute atomic E-state index is 0.0329. The fourth-order valence-electron chi connectivity index (χ4n) is 8.07. The second-order valence-corrected chi connectivity index (χ2v) is 15.9. The topological polar surface area (TPSA) is 207 Å². The number of hydrogen-bond acceptors (Lipinski definition) is 9. The van der Waals surface area contributed by atoms with Crippen molar-refractivity contribution >= 4 is 58.8 Å². The van der Waals surface area contributed by atoms with E-state index in [4.69, 9.17) is 16.3 Å². The molecule has 6 rings (SSSR count). The Morgan fingerprint density at radius 3 is 2.32 bits per heavy atom. The molecule has 0 bridgehead atoms. The van der Waals surface area contributed by atoms with Crippen molar-refractivity contribution < 1.29 is 56.6 Å². The summed E-state index contributed by atoms with van der Waals surface area (Å²) in [6.45, 7) is 2.36. The Morgan fingerprint density at radius 1 is 0.898 bits per heavy atom. The zero-order valence-electron chi connectivity index (χ0n) is 32.2. The van der Waals surface area contributed by atoms with Crippen molar-refractivity contribution in [2.45, 2.75) is 94.7 Å². The number of nitrogens with zero attached hydrogens (tertiary/aromatic N) is 3. The number of halogens is 4. The standard InChI is InChI=1S/C39H45ClF3N7O9/c1-19-9-32-38(57)59-18-29(45-33(52)28(12-21-10-23(41)14-24(42)11-21)47-39(58)46-27-7-6-22(40)13-26(27)43)36(55)50-17-25(51)15-31(50)37(56)48-8-4-3-5-30(48)34(53)44-20(2)35(54)49(32)16-19/h6-7,10-11,13-14,19-20,25,28-32,51H,3-5,8-9,12,15-18H2,1-2H3,(H,44,53)(H,45,52)(H2,46,47,58)/t19-,20+,25-,28+,29+,30?,31+,32+/m1/s1. The lowest BCUT2D eigenvalue weighted by Gasteiger charge is -2.39. The molecule has 0 spiro atoms. The monoisotopic (exact) mass is 847 g/mol. The summed E-state index contributed by atoms with van der Waals surface area (Å²) in [4.78, 5) is 101. The van der Waals surface area contributed by atoms with Gasteiger partial charge in [-0.3, -0.25) is 24.0 Å². The minimum atomic E-state index is -1.78. The van der Waals surface area contributed by atoms with Gasteiger partial charge in [-0.05, 0) is 74.4 Å². The lowest BCUT2D eigenvalue weighted by atomic mass is 9.99. The van der Waals surface area contributed by atoms with E-state index >= 15 is 0 Å². The number of carbonyl (C=O) groups excluding carboxylic acids is 7. The van der Waals surface area contributed by atoms with E-state index in [1.165, 1.54) is 22.8 Å². The van der Waals surface area contributed by atoms with Crippen LogP contribution in [0.3, 0.4) is 0 Å². The van der Waals surface area contributed by atoms with Crippen LogP contribution in [0, 0.1) is 23.4 Å². The van der Waals surface area contributed by atoms with Crippen molar-refractivity contribution in [2.75, 3.05) is 31.6 Å². The first-order valence-corrected chi connectivity index (χ1v) is 19.7. The van der Waals surface area contributed by atoms with Gasteiger partial charge >= 0.3 is 12.0 Å². The van der Waals surface area contributed by atoms with E-state index < -0.39 is 114 Å². The number of piperidine rings is 1. The Hall–Kier alpha value is -5.43. The van der Waals surface area contributed by atoms with Crippen LogP contribution >= 0.6 is 11.6 Å². The molecule has 2 aromatic rings. The molecule has 2 aromatic carbocycles. The van der Waals surface area contributed by atoms with Crippen LogP contribution < -0.4 is 21.3 Å². The number of hydrogen-bond donors (Lipinski definition) is 5. The van der Waals surface area contributed by atoms with Crippen LogP contribution in [0.5, 0.6) is 0 Å². The summed E-state index contributed by atoms with van der Waals surface area (Å²) >= 11 is 5.81. The van der Waals surface area contributed by atoms with Gasteiger partial charge in [0.25, 0.3) is 0 Å². The van der Waals surface area contributed by atoms with Gasteiger partial charge < -0.3 is 45.8 Å². The molecule has 16 nitrogen and oxygen atoms in total. The third-order valence-corrected chi connectivity index (χ3v) is 11.1. The fraction of sp³-hybridized carbons (Fsp3) is 0.513. The third-order valence-electron chi connectivity index (χ3n) is 10.9. The van der Waals surface area contributed by atoms with Crippen LogP contribution in [0.25, 0.3) is 0 Å². The highest BCUT2D eigenvalue weighted by Gasteiger charge is 2.47. The highest BCUT2D eigenvalue weighted by atomic mass is 35.5. The number of fused-ring (bicyclic) bond motifs is 3. The molecule has 4 fully saturated rings. The minimum Gasteiger partial charge on any atom is -0.461 e. The van der Waals surface area contributed by atoms with Gasteiger partial charge in [0, 0.05) is 43.6 Å². The number of cyclic esters (lactones) is 1.